The number of anilines is 1. The summed E-state index contributed by atoms with van der Waals surface area (Å²) >= 11 is 0. The molecule has 2 aromatic rings. The van der Waals surface area contributed by atoms with Crippen molar-refractivity contribution >= 4 is 17.7 Å². The summed E-state index contributed by atoms with van der Waals surface area (Å²) in [5.41, 5.74) is 5.07. The quantitative estimate of drug-likeness (QED) is 0.500. The highest BCUT2D eigenvalue weighted by Gasteiger charge is 2.16. The Labute approximate surface area is 148 Å². The zero-order valence-electron chi connectivity index (χ0n) is 14.1. The summed E-state index contributed by atoms with van der Waals surface area (Å²) in [5.74, 6) is -0.527. The lowest BCUT2D eigenvalue weighted by molar-refractivity contribution is -0.124. The van der Waals surface area contributed by atoms with Crippen LogP contribution in [-0.2, 0) is 11.3 Å². The fourth-order valence-electron chi connectivity index (χ4n) is 3.00. The van der Waals surface area contributed by atoms with Gasteiger partial charge in [0.1, 0.15) is 0 Å². The fourth-order valence-corrected chi connectivity index (χ4v) is 3.00. The topological polar surface area (TPSA) is 55.8 Å². The number of carbonyl (C=O) groups excluding carboxylic acids is 1. The standard InChI is InChI=1S/C20H23N3O2/c24-20(21-25)11-10-17-6-8-18(9-7-17)16-22-12-14-23(15-13-22)19-4-2-1-3-5-19/h1-11,25H,12-16H2,(H,21,24). The Kier molecular flexibility index (Phi) is 5.82. The molecule has 130 valence electrons. The maximum atomic E-state index is 11.0. The average Bonchev–Trinajstić information content (AvgIpc) is 2.68. The minimum absolute atomic E-state index is 0.527. The van der Waals surface area contributed by atoms with Gasteiger partial charge in [-0.1, -0.05) is 42.5 Å². The first-order valence-electron chi connectivity index (χ1n) is 8.48. The van der Waals surface area contributed by atoms with Crippen molar-refractivity contribution in [2.45, 2.75) is 6.54 Å². The van der Waals surface area contributed by atoms with E-state index in [1.807, 2.05) is 12.1 Å². The van der Waals surface area contributed by atoms with Crippen LogP contribution in [0.25, 0.3) is 6.08 Å². The van der Waals surface area contributed by atoms with E-state index in [1.54, 1.807) is 11.6 Å². The van der Waals surface area contributed by atoms with Crippen molar-refractivity contribution in [2.75, 3.05) is 31.1 Å². The van der Waals surface area contributed by atoms with Crippen LogP contribution in [0.15, 0.2) is 60.7 Å². The first-order chi connectivity index (χ1) is 12.2. The molecule has 1 amide bonds. The van der Waals surface area contributed by atoms with Crippen LogP contribution in [-0.4, -0.2) is 42.2 Å². The van der Waals surface area contributed by atoms with Crippen molar-refractivity contribution < 1.29 is 10.0 Å². The zero-order valence-corrected chi connectivity index (χ0v) is 14.1. The number of piperazine rings is 1. The first-order valence-corrected chi connectivity index (χ1v) is 8.48. The van der Waals surface area contributed by atoms with E-state index in [0.29, 0.717) is 0 Å². The summed E-state index contributed by atoms with van der Waals surface area (Å²) in [6.07, 6.45) is 2.98. The lowest BCUT2D eigenvalue weighted by atomic mass is 10.1. The summed E-state index contributed by atoms with van der Waals surface area (Å²) in [6.45, 7) is 5.12. The molecular formula is C20H23N3O2. The van der Waals surface area contributed by atoms with Crippen LogP contribution >= 0.6 is 0 Å². The van der Waals surface area contributed by atoms with Gasteiger partial charge in [0.05, 0.1) is 0 Å². The molecule has 0 aliphatic carbocycles. The van der Waals surface area contributed by atoms with E-state index in [9.17, 15) is 4.79 Å². The molecule has 0 saturated carbocycles. The molecule has 0 aromatic heterocycles. The minimum Gasteiger partial charge on any atom is -0.369 e. The average molecular weight is 337 g/mol. The SMILES string of the molecule is O=C(C=Cc1ccc(CN2CCN(c3ccccc3)CC2)cc1)NO. The molecule has 5 heteroatoms. The number of carbonyl (C=O) groups is 1. The van der Waals surface area contributed by atoms with Gasteiger partial charge in [0.2, 0.25) is 0 Å². The fraction of sp³-hybridized carbons (Fsp3) is 0.250. The third-order valence-electron chi connectivity index (χ3n) is 4.42. The number of para-hydroxylation sites is 1. The molecule has 2 aromatic carbocycles. The summed E-state index contributed by atoms with van der Waals surface area (Å²) < 4.78 is 0. The Hall–Kier alpha value is -2.63. The highest BCUT2D eigenvalue weighted by atomic mass is 16.5. The molecule has 0 bridgehead atoms. The summed E-state index contributed by atoms with van der Waals surface area (Å²) in [5, 5.41) is 8.47. The Bertz CT molecular complexity index is 705. The van der Waals surface area contributed by atoms with Crippen molar-refractivity contribution in [1.29, 1.82) is 0 Å². The monoisotopic (exact) mass is 337 g/mol. The van der Waals surface area contributed by atoms with Crippen molar-refractivity contribution in [3.63, 3.8) is 0 Å². The molecule has 5 nitrogen and oxygen atoms in total. The normalized spacial score (nSPS) is 15.5. The number of rotatable bonds is 5. The summed E-state index contributed by atoms with van der Waals surface area (Å²) in [7, 11) is 0. The minimum atomic E-state index is -0.527. The zero-order chi connectivity index (χ0) is 17.5. The third-order valence-corrected chi connectivity index (χ3v) is 4.42. The molecule has 2 N–H and O–H groups in total. The number of benzene rings is 2. The highest BCUT2D eigenvalue weighted by Crippen LogP contribution is 2.17. The van der Waals surface area contributed by atoms with Gasteiger partial charge in [-0.3, -0.25) is 14.9 Å². The second kappa shape index (κ2) is 8.46. The van der Waals surface area contributed by atoms with Gasteiger partial charge in [0.25, 0.3) is 5.91 Å². The van der Waals surface area contributed by atoms with E-state index in [2.05, 4.69) is 52.3 Å². The molecular weight excluding hydrogens is 314 g/mol. The molecule has 0 unspecified atom stereocenters. The van der Waals surface area contributed by atoms with Gasteiger partial charge in [-0.05, 0) is 29.3 Å². The number of nitrogens with zero attached hydrogens (tertiary/aromatic N) is 2. The van der Waals surface area contributed by atoms with Crippen LogP contribution in [0.1, 0.15) is 11.1 Å². The number of hydrogen-bond acceptors (Lipinski definition) is 4. The van der Waals surface area contributed by atoms with Crippen LogP contribution in [0.5, 0.6) is 0 Å². The van der Waals surface area contributed by atoms with Crippen LogP contribution in [0.4, 0.5) is 5.69 Å². The summed E-state index contributed by atoms with van der Waals surface area (Å²) in [4.78, 5) is 15.9. The van der Waals surface area contributed by atoms with Gasteiger partial charge in [0.15, 0.2) is 0 Å². The first kappa shape index (κ1) is 17.2. The van der Waals surface area contributed by atoms with E-state index in [-0.39, 0.29) is 0 Å². The van der Waals surface area contributed by atoms with Crippen molar-refractivity contribution in [3.05, 3.63) is 71.8 Å². The van der Waals surface area contributed by atoms with E-state index in [0.717, 1.165) is 38.3 Å². The number of hydroxylamine groups is 1. The van der Waals surface area contributed by atoms with Crippen molar-refractivity contribution in [2.24, 2.45) is 0 Å². The van der Waals surface area contributed by atoms with Crippen molar-refractivity contribution in [3.8, 4) is 0 Å². The van der Waals surface area contributed by atoms with Gasteiger partial charge in [-0.15, -0.1) is 0 Å². The lowest BCUT2D eigenvalue weighted by Crippen LogP contribution is -2.45. The van der Waals surface area contributed by atoms with E-state index in [1.165, 1.54) is 17.3 Å². The molecule has 0 spiro atoms. The van der Waals surface area contributed by atoms with Crippen LogP contribution in [0.2, 0.25) is 0 Å². The molecule has 1 saturated heterocycles. The van der Waals surface area contributed by atoms with Gasteiger partial charge >= 0.3 is 0 Å². The van der Waals surface area contributed by atoms with Gasteiger partial charge in [0, 0.05) is 44.5 Å². The predicted octanol–water partition coefficient (Wildman–Crippen LogP) is 2.53. The van der Waals surface area contributed by atoms with Crippen molar-refractivity contribution in [1.82, 2.24) is 10.4 Å². The maximum absolute atomic E-state index is 11.0. The smallest absolute Gasteiger partial charge is 0.267 e. The third kappa shape index (κ3) is 4.92. The Morgan fingerprint density at radius 2 is 1.68 bits per heavy atom. The second-order valence-electron chi connectivity index (χ2n) is 6.15. The Morgan fingerprint density at radius 1 is 1.00 bits per heavy atom. The highest BCUT2D eigenvalue weighted by molar-refractivity contribution is 5.90. The second-order valence-corrected chi connectivity index (χ2v) is 6.15. The lowest BCUT2D eigenvalue weighted by Gasteiger charge is -2.36. The van der Waals surface area contributed by atoms with Gasteiger partial charge in [-0.2, -0.15) is 0 Å². The molecule has 0 radical (unpaired) electrons. The van der Waals surface area contributed by atoms with E-state index < -0.39 is 5.91 Å². The van der Waals surface area contributed by atoms with Gasteiger partial charge in [-0.25, -0.2) is 5.48 Å². The molecule has 1 heterocycles. The van der Waals surface area contributed by atoms with Crippen LogP contribution in [0, 0.1) is 0 Å². The maximum Gasteiger partial charge on any atom is 0.267 e. The Balaban J connectivity index is 1.50. The van der Waals surface area contributed by atoms with E-state index in [4.69, 9.17) is 5.21 Å². The number of hydrogen-bond donors (Lipinski definition) is 2. The molecule has 1 fully saturated rings. The van der Waals surface area contributed by atoms with Crippen LogP contribution < -0.4 is 10.4 Å². The summed E-state index contributed by atoms with van der Waals surface area (Å²) in [6, 6.07) is 18.7. The number of amides is 1. The molecule has 1 aliphatic rings. The van der Waals surface area contributed by atoms with Crippen LogP contribution in [0.3, 0.4) is 0 Å². The largest absolute Gasteiger partial charge is 0.369 e. The van der Waals surface area contributed by atoms with Gasteiger partial charge < -0.3 is 4.90 Å². The number of nitrogens with one attached hydrogen (secondary N) is 1. The molecule has 0 atom stereocenters. The molecule has 1 aliphatic heterocycles. The molecule has 25 heavy (non-hydrogen) atoms. The predicted molar refractivity (Wildman–Crippen MR) is 99.3 cm³/mol. The van der Waals surface area contributed by atoms with E-state index >= 15 is 0 Å². The molecule has 3 rings (SSSR count). The Morgan fingerprint density at radius 3 is 2.32 bits per heavy atom.